The number of nitrogens with one attached hydrogen (secondary N) is 1. The standard InChI is InChI=1S/C15H26N4O/c1-5-16-12-9-13(18-14(17-12)11(2)3)19-8-6-7-15(4,20)10-19/h9,11,20H,5-8,10H2,1-4H3,(H,16,17,18). The largest absolute Gasteiger partial charge is 0.388 e. The number of rotatable bonds is 4. The van der Waals surface area contributed by atoms with Gasteiger partial charge in [-0.05, 0) is 26.7 Å². The van der Waals surface area contributed by atoms with Gasteiger partial charge < -0.3 is 15.3 Å². The molecule has 0 aromatic carbocycles. The van der Waals surface area contributed by atoms with Crippen LogP contribution in [0.1, 0.15) is 52.3 Å². The van der Waals surface area contributed by atoms with E-state index in [2.05, 4.69) is 41.0 Å². The number of anilines is 2. The van der Waals surface area contributed by atoms with Crippen molar-refractivity contribution in [3.8, 4) is 0 Å². The summed E-state index contributed by atoms with van der Waals surface area (Å²) in [6.07, 6.45) is 1.84. The highest BCUT2D eigenvalue weighted by atomic mass is 16.3. The maximum atomic E-state index is 10.3. The first kappa shape index (κ1) is 15.0. The second-order valence-electron chi connectivity index (χ2n) is 6.18. The minimum Gasteiger partial charge on any atom is -0.388 e. The average Bonchev–Trinajstić information content (AvgIpc) is 2.37. The maximum Gasteiger partial charge on any atom is 0.135 e. The van der Waals surface area contributed by atoms with Crippen LogP contribution < -0.4 is 10.2 Å². The van der Waals surface area contributed by atoms with Gasteiger partial charge in [0.15, 0.2) is 0 Å². The van der Waals surface area contributed by atoms with E-state index in [0.29, 0.717) is 6.54 Å². The molecule has 5 nitrogen and oxygen atoms in total. The van der Waals surface area contributed by atoms with Gasteiger partial charge >= 0.3 is 0 Å². The third-order valence-corrected chi connectivity index (χ3v) is 3.60. The van der Waals surface area contributed by atoms with E-state index in [4.69, 9.17) is 0 Å². The van der Waals surface area contributed by atoms with Gasteiger partial charge in [0.1, 0.15) is 17.5 Å². The highest BCUT2D eigenvalue weighted by Gasteiger charge is 2.29. The molecule has 1 aromatic rings. The van der Waals surface area contributed by atoms with Crippen molar-refractivity contribution in [2.24, 2.45) is 0 Å². The van der Waals surface area contributed by atoms with Crippen molar-refractivity contribution in [1.29, 1.82) is 0 Å². The summed E-state index contributed by atoms with van der Waals surface area (Å²) >= 11 is 0. The van der Waals surface area contributed by atoms with Crippen molar-refractivity contribution >= 4 is 11.6 Å². The second-order valence-corrected chi connectivity index (χ2v) is 6.18. The molecule has 0 aliphatic carbocycles. The zero-order valence-corrected chi connectivity index (χ0v) is 13.0. The minimum absolute atomic E-state index is 0.289. The average molecular weight is 278 g/mol. The van der Waals surface area contributed by atoms with Gasteiger partial charge in [0, 0.05) is 31.6 Å². The van der Waals surface area contributed by atoms with E-state index in [-0.39, 0.29) is 5.92 Å². The van der Waals surface area contributed by atoms with Crippen molar-refractivity contribution in [3.63, 3.8) is 0 Å². The van der Waals surface area contributed by atoms with Crippen LogP contribution in [0.5, 0.6) is 0 Å². The Labute approximate surface area is 121 Å². The fourth-order valence-electron chi connectivity index (χ4n) is 2.56. The lowest BCUT2D eigenvalue weighted by molar-refractivity contribution is 0.0447. The number of piperidine rings is 1. The van der Waals surface area contributed by atoms with Gasteiger partial charge in [-0.1, -0.05) is 13.8 Å². The molecule has 0 bridgehead atoms. The lowest BCUT2D eigenvalue weighted by Crippen LogP contribution is -2.46. The topological polar surface area (TPSA) is 61.3 Å². The van der Waals surface area contributed by atoms with Crippen LogP contribution in [0.4, 0.5) is 11.6 Å². The lowest BCUT2D eigenvalue weighted by atomic mass is 9.95. The third kappa shape index (κ3) is 3.60. The second kappa shape index (κ2) is 5.95. The molecule has 1 saturated heterocycles. The van der Waals surface area contributed by atoms with Crippen LogP contribution in [0.3, 0.4) is 0 Å². The predicted molar refractivity (Wildman–Crippen MR) is 82.4 cm³/mol. The minimum atomic E-state index is -0.625. The molecular formula is C15H26N4O. The van der Waals surface area contributed by atoms with Gasteiger partial charge in [-0.15, -0.1) is 0 Å². The molecule has 1 aliphatic rings. The zero-order valence-electron chi connectivity index (χ0n) is 13.0. The van der Waals surface area contributed by atoms with E-state index >= 15 is 0 Å². The summed E-state index contributed by atoms with van der Waals surface area (Å²) in [6, 6.07) is 1.98. The fourth-order valence-corrected chi connectivity index (χ4v) is 2.56. The van der Waals surface area contributed by atoms with Crippen LogP contribution in [0, 0.1) is 0 Å². The van der Waals surface area contributed by atoms with Crippen LogP contribution in [0.2, 0.25) is 0 Å². The van der Waals surface area contributed by atoms with Crippen LogP contribution in [0.15, 0.2) is 6.07 Å². The molecule has 1 unspecified atom stereocenters. The highest BCUT2D eigenvalue weighted by Crippen LogP contribution is 2.26. The van der Waals surface area contributed by atoms with Gasteiger partial charge in [0.2, 0.25) is 0 Å². The van der Waals surface area contributed by atoms with Crippen molar-refractivity contribution in [3.05, 3.63) is 11.9 Å². The van der Waals surface area contributed by atoms with Gasteiger partial charge in [0.05, 0.1) is 5.60 Å². The maximum absolute atomic E-state index is 10.3. The van der Waals surface area contributed by atoms with Crippen molar-refractivity contribution in [2.45, 2.75) is 52.1 Å². The summed E-state index contributed by atoms with van der Waals surface area (Å²) in [7, 11) is 0. The fraction of sp³-hybridized carbons (Fsp3) is 0.733. The Balaban J connectivity index is 2.29. The molecule has 0 saturated carbocycles. The van der Waals surface area contributed by atoms with E-state index in [1.54, 1.807) is 0 Å². The molecule has 5 heteroatoms. The molecule has 0 radical (unpaired) electrons. The van der Waals surface area contributed by atoms with Crippen LogP contribution in [-0.4, -0.2) is 40.3 Å². The normalized spacial score (nSPS) is 23.2. The lowest BCUT2D eigenvalue weighted by Gasteiger charge is -2.37. The Kier molecular flexibility index (Phi) is 4.48. The van der Waals surface area contributed by atoms with Gasteiger partial charge in [0.25, 0.3) is 0 Å². The first-order chi connectivity index (χ1) is 9.41. The first-order valence-corrected chi connectivity index (χ1v) is 7.51. The molecule has 1 fully saturated rings. The summed E-state index contributed by atoms with van der Waals surface area (Å²) in [5.41, 5.74) is -0.625. The Hall–Kier alpha value is -1.36. The Morgan fingerprint density at radius 1 is 1.45 bits per heavy atom. The SMILES string of the molecule is CCNc1cc(N2CCCC(C)(O)C2)nc(C(C)C)n1. The van der Waals surface area contributed by atoms with E-state index in [9.17, 15) is 5.11 Å². The van der Waals surface area contributed by atoms with Crippen LogP contribution in [0.25, 0.3) is 0 Å². The van der Waals surface area contributed by atoms with E-state index in [1.165, 1.54) is 0 Å². The predicted octanol–water partition coefficient (Wildman–Crippen LogP) is 2.38. The number of β-amino-alcohol motifs (C(OH)–C–C–N with tert-alkyl or cyclic N) is 1. The summed E-state index contributed by atoms with van der Waals surface area (Å²) in [4.78, 5) is 11.4. The quantitative estimate of drug-likeness (QED) is 0.885. The molecule has 0 amide bonds. The molecule has 1 atom stereocenters. The number of aromatic nitrogens is 2. The molecule has 20 heavy (non-hydrogen) atoms. The Morgan fingerprint density at radius 2 is 2.20 bits per heavy atom. The number of aliphatic hydroxyl groups is 1. The van der Waals surface area contributed by atoms with Crippen molar-refractivity contribution < 1.29 is 5.11 Å². The molecule has 2 heterocycles. The number of nitrogens with zero attached hydrogens (tertiary/aromatic N) is 3. The molecule has 0 spiro atoms. The molecule has 1 aromatic heterocycles. The molecular weight excluding hydrogens is 252 g/mol. The van der Waals surface area contributed by atoms with Crippen LogP contribution in [-0.2, 0) is 0 Å². The van der Waals surface area contributed by atoms with Gasteiger partial charge in [-0.25, -0.2) is 9.97 Å². The van der Waals surface area contributed by atoms with Crippen LogP contribution >= 0.6 is 0 Å². The van der Waals surface area contributed by atoms with E-state index in [1.807, 2.05) is 13.0 Å². The Bertz CT molecular complexity index is 459. The summed E-state index contributed by atoms with van der Waals surface area (Å²) < 4.78 is 0. The van der Waals surface area contributed by atoms with Crippen molar-refractivity contribution in [2.75, 3.05) is 29.9 Å². The summed E-state index contributed by atoms with van der Waals surface area (Å²) in [5.74, 6) is 2.92. The first-order valence-electron chi connectivity index (χ1n) is 7.51. The smallest absolute Gasteiger partial charge is 0.135 e. The molecule has 2 N–H and O–H groups in total. The zero-order chi connectivity index (χ0) is 14.8. The molecule has 112 valence electrons. The summed E-state index contributed by atoms with van der Waals surface area (Å²) in [5, 5.41) is 13.5. The number of hydrogen-bond donors (Lipinski definition) is 2. The summed E-state index contributed by atoms with van der Waals surface area (Å²) in [6.45, 7) is 10.6. The van der Waals surface area contributed by atoms with Gasteiger partial charge in [-0.3, -0.25) is 0 Å². The van der Waals surface area contributed by atoms with E-state index in [0.717, 1.165) is 43.4 Å². The highest BCUT2D eigenvalue weighted by molar-refractivity contribution is 5.50. The van der Waals surface area contributed by atoms with E-state index < -0.39 is 5.60 Å². The number of hydrogen-bond acceptors (Lipinski definition) is 5. The molecule has 2 rings (SSSR count). The monoisotopic (exact) mass is 278 g/mol. The third-order valence-electron chi connectivity index (χ3n) is 3.60. The van der Waals surface area contributed by atoms with Gasteiger partial charge in [-0.2, -0.15) is 0 Å². The Morgan fingerprint density at radius 3 is 2.80 bits per heavy atom. The van der Waals surface area contributed by atoms with Crippen molar-refractivity contribution in [1.82, 2.24) is 9.97 Å². The molecule has 1 aliphatic heterocycles.